The average Bonchev–Trinajstić information content (AvgIpc) is 2.47. The van der Waals surface area contributed by atoms with Crippen molar-refractivity contribution in [1.29, 1.82) is 0 Å². The second kappa shape index (κ2) is 6.23. The van der Waals surface area contributed by atoms with Crippen molar-refractivity contribution in [2.24, 2.45) is 5.92 Å². The first kappa shape index (κ1) is 15.3. The molecule has 0 aliphatic heterocycles. The second-order valence-electron chi connectivity index (χ2n) is 7.39. The Hall–Kier alpha value is -1.64. The Kier molecular flexibility index (Phi) is 4.32. The summed E-state index contributed by atoms with van der Waals surface area (Å²) in [5, 5.41) is 0. The molecule has 1 aliphatic carbocycles. The highest BCUT2D eigenvalue weighted by atomic mass is 16.5. The van der Waals surface area contributed by atoms with Gasteiger partial charge in [0.25, 0.3) is 0 Å². The van der Waals surface area contributed by atoms with Crippen molar-refractivity contribution in [3.05, 3.63) is 30.0 Å². The molecule has 0 unspecified atom stereocenters. The topological polar surface area (TPSA) is 35.0 Å². The Morgan fingerprint density at radius 1 is 1.00 bits per heavy atom. The highest BCUT2D eigenvalue weighted by Crippen LogP contribution is 2.30. The van der Waals surface area contributed by atoms with Gasteiger partial charge in [-0.2, -0.15) is 0 Å². The molecular formula is C19H26N2O. The van der Waals surface area contributed by atoms with Crippen LogP contribution in [0.3, 0.4) is 0 Å². The summed E-state index contributed by atoms with van der Waals surface area (Å²) in [6, 6.07) is 8.06. The van der Waals surface area contributed by atoms with E-state index in [4.69, 9.17) is 14.7 Å². The molecule has 1 fully saturated rings. The molecule has 3 nitrogen and oxygen atoms in total. The van der Waals surface area contributed by atoms with E-state index in [2.05, 4.69) is 20.8 Å². The van der Waals surface area contributed by atoms with Crippen LogP contribution in [0.2, 0.25) is 0 Å². The van der Waals surface area contributed by atoms with Gasteiger partial charge in [-0.1, -0.05) is 44.2 Å². The Balaban J connectivity index is 1.95. The molecule has 0 N–H and O–H groups in total. The van der Waals surface area contributed by atoms with Gasteiger partial charge in [0.15, 0.2) is 0 Å². The Labute approximate surface area is 133 Å². The van der Waals surface area contributed by atoms with Crippen LogP contribution in [0, 0.1) is 5.92 Å². The van der Waals surface area contributed by atoms with Crippen LogP contribution in [0.1, 0.15) is 58.6 Å². The Bertz CT molecular complexity index is 639. The lowest BCUT2D eigenvalue weighted by Gasteiger charge is -2.25. The minimum absolute atomic E-state index is 0.252. The van der Waals surface area contributed by atoms with E-state index < -0.39 is 0 Å². The summed E-state index contributed by atoms with van der Waals surface area (Å²) in [5.74, 6) is 1.45. The summed E-state index contributed by atoms with van der Waals surface area (Å²) in [4.78, 5) is 9.61. The SMILES string of the molecule is CC(C)(C)Oc1nc2ccccc2nc1CC1CCCCC1. The maximum Gasteiger partial charge on any atom is 0.236 e. The predicted molar refractivity (Wildman–Crippen MR) is 90.2 cm³/mol. The first-order valence-electron chi connectivity index (χ1n) is 8.46. The Morgan fingerprint density at radius 3 is 2.27 bits per heavy atom. The van der Waals surface area contributed by atoms with E-state index in [0.29, 0.717) is 0 Å². The van der Waals surface area contributed by atoms with Gasteiger partial charge in [-0.05, 0) is 45.2 Å². The summed E-state index contributed by atoms with van der Waals surface area (Å²) in [5.41, 5.74) is 2.66. The van der Waals surface area contributed by atoms with Gasteiger partial charge in [0, 0.05) is 0 Å². The predicted octanol–water partition coefficient (Wildman–Crippen LogP) is 4.93. The van der Waals surface area contributed by atoms with E-state index in [0.717, 1.165) is 34.9 Å². The fourth-order valence-electron chi connectivity index (χ4n) is 3.19. The third-order valence-corrected chi connectivity index (χ3v) is 4.22. The largest absolute Gasteiger partial charge is 0.471 e. The number of fused-ring (bicyclic) bond motifs is 1. The molecule has 118 valence electrons. The summed E-state index contributed by atoms with van der Waals surface area (Å²) in [6.07, 6.45) is 7.68. The molecule has 1 aromatic heterocycles. The molecule has 3 heteroatoms. The summed E-state index contributed by atoms with van der Waals surface area (Å²) < 4.78 is 6.11. The van der Waals surface area contributed by atoms with E-state index in [9.17, 15) is 0 Å². The normalized spacial score (nSPS) is 16.9. The van der Waals surface area contributed by atoms with Gasteiger partial charge in [0.1, 0.15) is 11.3 Å². The van der Waals surface area contributed by atoms with Gasteiger partial charge in [-0.15, -0.1) is 0 Å². The minimum atomic E-state index is -0.252. The number of hydrogen-bond acceptors (Lipinski definition) is 3. The maximum atomic E-state index is 6.11. The van der Waals surface area contributed by atoms with E-state index in [1.54, 1.807) is 0 Å². The first-order valence-corrected chi connectivity index (χ1v) is 8.46. The number of rotatable bonds is 3. The molecule has 1 aliphatic rings. The quantitative estimate of drug-likeness (QED) is 0.806. The van der Waals surface area contributed by atoms with Crippen LogP contribution < -0.4 is 4.74 Å². The summed E-state index contributed by atoms with van der Waals surface area (Å²) in [7, 11) is 0. The van der Waals surface area contributed by atoms with Crippen LogP contribution in [0.25, 0.3) is 11.0 Å². The lowest BCUT2D eigenvalue weighted by atomic mass is 9.86. The summed E-state index contributed by atoms with van der Waals surface area (Å²) >= 11 is 0. The van der Waals surface area contributed by atoms with Crippen LogP contribution >= 0.6 is 0 Å². The van der Waals surface area contributed by atoms with E-state index in [1.165, 1.54) is 32.1 Å². The zero-order valence-corrected chi connectivity index (χ0v) is 13.9. The molecule has 3 rings (SSSR count). The van der Waals surface area contributed by atoms with Gasteiger partial charge in [-0.25, -0.2) is 9.97 Å². The molecular weight excluding hydrogens is 272 g/mol. The lowest BCUT2D eigenvalue weighted by Crippen LogP contribution is -2.25. The molecule has 1 aromatic carbocycles. The van der Waals surface area contributed by atoms with E-state index in [1.807, 2.05) is 24.3 Å². The molecule has 0 bridgehead atoms. The monoisotopic (exact) mass is 298 g/mol. The first-order chi connectivity index (χ1) is 10.5. The van der Waals surface area contributed by atoms with Crippen molar-refractivity contribution in [3.63, 3.8) is 0 Å². The van der Waals surface area contributed by atoms with Crippen molar-refractivity contribution in [1.82, 2.24) is 9.97 Å². The number of aromatic nitrogens is 2. The van der Waals surface area contributed by atoms with E-state index in [-0.39, 0.29) is 5.60 Å². The molecule has 1 saturated carbocycles. The number of ether oxygens (including phenoxy) is 1. The van der Waals surface area contributed by atoms with Crippen molar-refractivity contribution in [2.45, 2.75) is 64.9 Å². The van der Waals surface area contributed by atoms with Crippen LogP contribution in [0.15, 0.2) is 24.3 Å². The van der Waals surface area contributed by atoms with Crippen LogP contribution in [-0.4, -0.2) is 15.6 Å². The molecule has 0 spiro atoms. The number of para-hydroxylation sites is 2. The zero-order valence-electron chi connectivity index (χ0n) is 13.9. The molecule has 22 heavy (non-hydrogen) atoms. The third kappa shape index (κ3) is 3.76. The smallest absolute Gasteiger partial charge is 0.236 e. The third-order valence-electron chi connectivity index (χ3n) is 4.22. The summed E-state index contributed by atoms with van der Waals surface area (Å²) in [6.45, 7) is 6.19. The van der Waals surface area contributed by atoms with Gasteiger partial charge in [0.2, 0.25) is 5.88 Å². The molecule has 0 saturated heterocycles. The van der Waals surface area contributed by atoms with Crippen LogP contribution in [0.5, 0.6) is 5.88 Å². The van der Waals surface area contributed by atoms with Gasteiger partial charge >= 0.3 is 0 Å². The molecule has 0 amide bonds. The van der Waals surface area contributed by atoms with Gasteiger partial charge < -0.3 is 4.74 Å². The van der Waals surface area contributed by atoms with Gasteiger partial charge in [0.05, 0.1) is 11.0 Å². The zero-order chi connectivity index (χ0) is 15.6. The molecule has 1 heterocycles. The molecule has 0 radical (unpaired) electrons. The maximum absolute atomic E-state index is 6.11. The average molecular weight is 298 g/mol. The minimum Gasteiger partial charge on any atom is -0.471 e. The fraction of sp³-hybridized carbons (Fsp3) is 0.579. The standard InChI is InChI=1S/C19H26N2O/c1-19(2,3)22-18-17(13-14-9-5-4-6-10-14)20-15-11-7-8-12-16(15)21-18/h7-8,11-12,14H,4-6,9-10,13H2,1-3H3. The lowest BCUT2D eigenvalue weighted by molar-refractivity contribution is 0.121. The highest BCUT2D eigenvalue weighted by Gasteiger charge is 2.21. The Morgan fingerprint density at radius 2 is 1.64 bits per heavy atom. The highest BCUT2D eigenvalue weighted by molar-refractivity contribution is 5.74. The van der Waals surface area contributed by atoms with Crippen molar-refractivity contribution >= 4 is 11.0 Å². The van der Waals surface area contributed by atoms with E-state index >= 15 is 0 Å². The van der Waals surface area contributed by atoms with Crippen molar-refractivity contribution in [2.75, 3.05) is 0 Å². The van der Waals surface area contributed by atoms with Crippen LogP contribution in [0.4, 0.5) is 0 Å². The van der Waals surface area contributed by atoms with Crippen LogP contribution in [-0.2, 0) is 6.42 Å². The van der Waals surface area contributed by atoms with Crippen molar-refractivity contribution < 1.29 is 4.74 Å². The number of hydrogen-bond donors (Lipinski definition) is 0. The number of benzene rings is 1. The van der Waals surface area contributed by atoms with Gasteiger partial charge in [-0.3, -0.25) is 0 Å². The van der Waals surface area contributed by atoms with Crippen molar-refractivity contribution in [3.8, 4) is 5.88 Å². The fourth-order valence-corrected chi connectivity index (χ4v) is 3.19. The second-order valence-corrected chi connectivity index (χ2v) is 7.39. The molecule has 2 aromatic rings. The molecule has 0 atom stereocenters. The number of nitrogens with zero attached hydrogens (tertiary/aromatic N) is 2.